The van der Waals surface area contributed by atoms with E-state index in [2.05, 4.69) is 30.1 Å². The third-order valence-corrected chi connectivity index (χ3v) is 8.30. The Hall–Kier alpha value is -3.38. The van der Waals surface area contributed by atoms with Gasteiger partial charge in [0.1, 0.15) is 11.5 Å². The summed E-state index contributed by atoms with van der Waals surface area (Å²) in [7, 11) is 0. The van der Waals surface area contributed by atoms with Crippen LogP contribution < -0.4 is 15.0 Å². The summed E-state index contributed by atoms with van der Waals surface area (Å²) in [4.78, 5) is 15.8. The van der Waals surface area contributed by atoms with Gasteiger partial charge < -0.3 is 19.7 Å². The smallest absolute Gasteiger partial charge is 0.340 e. The number of nitrogens with zero attached hydrogens (tertiary/aromatic N) is 1. The summed E-state index contributed by atoms with van der Waals surface area (Å²) in [6.07, 6.45) is 0. The van der Waals surface area contributed by atoms with Gasteiger partial charge in [-0.3, -0.25) is 0 Å². The van der Waals surface area contributed by atoms with Crippen molar-refractivity contribution >= 4 is 57.8 Å². The monoisotopic (exact) mass is 592 g/mol. The number of benzene rings is 4. The molecule has 4 aromatic rings. The zero-order chi connectivity index (χ0) is 28.2. The number of nitrogens with one attached hydrogen (secondary N) is 1. The molecule has 1 N–H and O–H groups in total. The normalized spacial score (nSPS) is 17.0. The zero-order valence-electron chi connectivity index (χ0n) is 22.2. The van der Waals surface area contributed by atoms with Crippen molar-refractivity contribution in [3.8, 4) is 11.5 Å². The van der Waals surface area contributed by atoms with Crippen LogP contribution in [0.1, 0.15) is 52.0 Å². The van der Waals surface area contributed by atoms with Crippen LogP contribution in [0.15, 0.2) is 78.9 Å². The molecule has 0 radical (unpaired) electrons. The quantitative estimate of drug-likeness (QED) is 0.185. The predicted octanol–water partition coefficient (Wildman–Crippen LogP) is 8.98. The average Bonchev–Trinajstić information content (AvgIpc) is 3.23. The van der Waals surface area contributed by atoms with Gasteiger partial charge in [-0.05, 0) is 62.7 Å². The number of hydrogen-bond acceptors (Lipinski definition) is 5. The van der Waals surface area contributed by atoms with Gasteiger partial charge in [0.05, 0.1) is 11.3 Å². The third kappa shape index (κ3) is 4.19. The molecule has 0 aromatic heterocycles. The lowest BCUT2D eigenvalue weighted by molar-refractivity contribution is 0.0226. The first-order chi connectivity index (χ1) is 19.2. The molecular formula is C32H27Cl3N2O3. The minimum Gasteiger partial charge on any atom is -0.456 e. The summed E-state index contributed by atoms with van der Waals surface area (Å²) in [6, 6.07) is 24.8. The number of halogens is 3. The SMILES string of the molecule is CCN(CC)c1ccc2c(c1)Oc1ccccc1C21OC(=O)c2ccc(C)c(Nc3cccc(C(Cl)(Cl)Cl)c3)c21. The van der Waals surface area contributed by atoms with E-state index in [0.717, 1.165) is 46.7 Å². The number of alkyl halides is 3. The first-order valence-electron chi connectivity index (χ1n) is 13.2. The number of fused-ring (bicyclic) bond motifs is 6. The van der Waals surface area contributed by atoms with Crippen molar-refractivity contribution in [2.75, 3.05) is 23.3 Å². The lowest BCUT2D eigenvalue weighted by atomic mass is 9.76. The van der Waals surface area contributed by atoms with Crippen molar-refractivity contribution in [3.05, 3.63) is 112 Å². The Kier molecular flexibility index (Phi) is 6.65. The van der Waals surface area contributed by atoms with Crippen molar-refractivity contribution in [1.82, 2.24) is 0 Å². The molecule has 0 saturated carbocycles. The standard InChI is InChI=1S/C32H27Cl3N2O3/c1-4-37(5-2)22-14-16-25-27(18-22)39-26-12-7-6-11-24(26)31(25)28-23(30(38)40-31)15-13-19(3)29(28)36-21-10-8-9-20(17-21)32(33,34)35/h6-18,36H,4-5H2,1-3H3. The van der Waals surface area contributed by atoms with Gasteiger partial charge in [-0.1, -0.05) is 71.2 Å². The van der Waals surface area contributed by atoms with Gasteiger partial charge in [0.25, 0.3) is 0 Å². The molecule has 2 aliphatic rings. The van der Waals surface area contributed by atoms with Crippen LogP contribution in [-0.2, 0) is 14.1 Å². The van der Waals surface area contributed by atoms with Crippen LogP contribution in [0.25, 0.3) is 0 Å². The topological polar surface area (TPSA) is 50.8 Å². The number of rotatable bonds is 5. The molecule has 0 amide bonds. The highest BCUT2D eigenvalue weighted by molar-refractivity contribution is 6.66. The van der Waals surface area contributed by atoms with Crippen LogP contribution in [0.4, 0.5) is 17.1 Å². The Morgan fingerprint density at radius 2 is 1.62 bits per heavy atom. The molecule has 1 unspecified atom stereocenters. The summed E-state index contributed by atoms with van der Waals surface area (Å²) in [6.45, 7) is 7.94. The van der Waals surface area contributed by atoms with Gasteiger partial charge in [0, 0.05) is 52.8 Å². The first kappa shape index (κ1) is 26.8. The first-order valence-corrected chi connectivity index (χ1v) is 14.3. The van der Waals surface area contributed by atoms with Crippen LogP contribution in [0.2, 0.25) is 0 Å². The molecule has 1 spiro atoms. The summed E-state index contributed by atoms with van der Waals surface area (Å²) >= 11 is 18.6. The number of hydrogen-bond donors (Lipinski definition) is 1. The predicted molar refractivity (Wildman–Crippen MR) is 162 cm³/mol. The summed E-state index contributed by atoms with van der Waals surface area (Å²) in [5.41, 5.74) is 5.47. The second kappa shape index (κ2) is 9.91. The zero-order valence-corrected chi connectivity index (χ0v) is 24.5. The molecule has 0 fully saturated rings. The highest BCUT2D eigenvalue weighted by Crippen LogP contribution is 2.58. The highest BCUT2D eigenvalue weighted by Gasteiger charge is 2.55. The van der Waals surface area contributed by atoms with E-state index in [-0.39, 0.29) is 0 Å². The molecule has 5 nitrogen and oxygen atoms in total. The molecule has 0 aliphatic carbocycles. The van der Waals surface area contributed by atoms with Gasteiger partial charge in [0.15, 0.2) is 5.60 Å². The second-order valence-electron chi connectivity index (χ2n) is 9.91. The van der Waals surface area contributed by atoms with E-state index in [9.17, 15) is 4.79 Å². The van der Waals surface area contributed by atoms with Gasteiger partial charge in [-0.15, -0.1) is 0 Å². The largest absolute Gasteiger partial charge is 0.456 e. The number of para-hydroxylation sites is 1. The minimum atomic E-state index is -1.58. The van der Waals surface area contributed by atoms with Crippen molar-refractivity contribution in [2.45, 2.75) is 30.2 Å². The molecule has 6 rings (SSSR count). The lowest BCUT2D eigenvalue weighted by Crippen LogP contribution is -2.34. The molecule has 0 saturated heterocycles. The molecule has 2 aliphatic heterocycles. The van der Waals surface area contributed by atoms with E-state index in [4.69, 9.17) is 44.3 Å². The van der Waals surface area contributed by atoms with Crippen LogP contribution >= 0.6 is 34.8 Å². The molecule has 2 heterocycles. The fourth-order valence-corrected chi connectivity index (χ4v) is 6.08. The van der Waals surface area contributed by atoms with E-state index >= 15 is 0 Å². The van der Waals surface area contributed by atoms with Gasteiger partial charge in [-0.2, -0.15) is 0 Å². The Balaban J connectivity index is 1.60. The van der Waals surface area contributed by atoms with E-state index in [1.807, 2.05) is 67.6 Å². The van der Waals surface area contributed by atoms with Gasteiger partial charge in [0.2, 0.25) is 3.79 Å². The fourth-order valence-electron chi connectivity index (χ4n) is 5.73. The van der Waals surface area contributed by atoms with Crippen LogP contribution in [0, 0.1) is 6.92 Å². The number of anilines is 3. The maximum absolute atomic E-state index is 13.6. The molecule has 0 bridgehead atoms. The molecular weight excluding hydrogens is 567 g/mol. The Bertz CT molecular complexity index is 1650. The van der Waals surface area contributed by atoms with Crippen molar-refractivity contribution in [2.24, 2.45) is 0 Å². The number of aryl methyl sites for hydroxylation is 1. The van der Waals surface area contributed by atoms with Gasteiger partial charge in [-0.25, -0.2) is 4.79 Å². The number of esters is 1. The lowest BCUT2D eigenvalue weighted by Gasteiger charge is -2.38. The van der Waals surface area contributed by atoms with Crippen molar-refractivity contribution in [1.29, 1.82) is 0 Å². The second-order valence-corrected chi connectivity index (χ2v) is 12.2. The average molecular weight is 594 g/mol. The Morgan fingerprint density at radius 1 is 0.875 bits per heavy atom. The molecule has 40 heavy (non-hydrogen) atoms. The van der Waals surface area contributed by atoms with Gasteiger partial charge >= 0.3 is 5.97 Å². The Labute approximate surface area is 248 Å². The number of carbonyl (C=O) groups excluding carboxylic acids is 1. The molecule has 1 atom stereocenters. The third-order valence-electron chi connectivity index (χ3n) is 7.65. The number of ether oxygens (including phenoxy) is 2. The number of carbonyl (C=O) groups is 1. The summed E-state index contributed by atoms with van der Waals surface area (Å²) < 4.78 is 11.3. The van der Waals surface area contributed by atoms with E-state index in [1.165, 1.54) is 0 Å². The molecule has 8 heteroatoms. The van der Waals surface area contributed by atoms with Crippen molar-refractivity contribution < 1.29 is 14.3 Å². The van der Waals surface area contributed by atoms with Crippen LogP contribution in [0.3, 0.4) is 0 Å². The van der Waals surface area contributed by atoms with Crippen molar-refractivity contribution in [3.63, 3.8) is 0 Å². The molecule has 4 aromatic carbocycles. The van der Waals surface area contributed by atoms with Crippen LogP contribution in [0.5, 0.6) is 11.5 Å². The van der Waals surface area contributed by atoms with E-state index < -0.39 is 15.4 Å². The van der Waals surface area contributed by atoms with Crippen LogP contribution in [-0.4, -0.2) is 19.1 Å². The molecule has 204 valence electrons. The summed E-state index contributed by atoms with van der Waals surface area (Å²) in [5, 5.41) is 3.53. The maximum Gasteiger partial charge on any atom is 0.340 e. The highest BCUT2D eigenvalue weighted by atomic mass is 35.6. The summed E-state index contributed by atoms with van der Waals surface area (Å²) in [5.74, 6) is 0.885. The maximum atomic E-state index is 13.6. The fraction of sp³-hybridized carbons (Fsp3) is 0.219. The Morgan fingerprint density at radius 3 is 2.38 bits per heavy atom. The van der Waals surface area contributed by atoms with E-state index in [0.29, 0.717) is 28.3 Å². The minimum absolute atomic E-state index is 0.399. The van der Waals surface area contributed by atoms with E-state index in [1.54, 1.807) is 12.1 Å².